The fourth-order valence-corrected chi connectivity index (χ4v) is 0. The van der Waals surface area contributed by atoms with Gasteiger partial charge in [-0.2, -0.15) is 0 Å². The smallest absolute Gasteiger partial charge is 0 e. The average Bonchev–Trinajstić information content (AvgIpc) is 1.78. The van der Waals surface area contributed by atoms with E-state index in [0.717, 1.165) is 7.11 Å². The second-order valence-electron chi connectivity index (χ2n) is 0.408. The largest absolute Gasteiger partial charge is 0 e. The molecule has 0 unspecified atom stereocenters. The van der Waals surface area contributed by atoms with Gasteiger partial charge >= 0.3 is 11.3 Å². The normalized spacial score (nSPS) is 2.60. The molecule has 10 heavy (non-hydrogen) atoms. The minimum atomic E-state index is 0. The van der Waals surface area contributed by atoms with E-state index in [9.17, 15) is 0 Å². The Hall–Kier alpha value is -0.340. The molecule has 0 aromatic rings. The van der Waals surface area contributed by atoms with E-state index >= 15 is 0 Å². The number of aliphatic hydroxyl groups excluding tert-OH is 1. The Morgan fingerprint density at radius 2 is 1.10 bits per heavy atom. The Labute approximate surface area is 71.7 Å². The second-order valence-corrected chi connectivity index (χ2v) is 0.408. The topological polar surface area (TPSA) is 49.4 Å². The molecule has 0 saturated heterocycles. The van der Waals surface area contributed by atoms with Crippen LogP contribution in [-0.2, 0) is 9.39 Å². The van der Waals surface area contributed by atoms with Gasteiger partial charge in [-0.05, 0) is 0 Å². The number of methoxy groups -OCH3 is 1. The van der Waals surface area contributed by atoms with Gasteiger partial charge in [0.05, 0.1) is 0 Å². The maximum absolute atomic E-state index is 7.50. The first kappa shape index (κ1) is 54.1. The standard InChI is InChI=1S/C2H6O.CH4O.CO.3CH4.4H2/c1-3-2;2*1-2;;;;;;;/h1-2H3;2H,1H3;;3*1H4;4*1H. The minimum absolute atomic E-state index is 0. The quantitative estimate of drug-likeness (QED) is 0.440. The summed E-state index contributed by atoms with van der Waals surface area (Å²) >= 11 is 0. The van der Waals surface area contributed by atoms with Crippen LogP contribution < -0.4 is 0 Å². The molecule has 0 aliphatic rings. The molecule has 0 atom stereocenters. The molecule has 3 nitrogen and oxygen atoms in total. The van der Waals surface area contributed by atoms with Gasteiger partial charge in [0, 0.05) is 27.0 Å². The SMILES string of the molecule is C.C.C.CO.COC.[C-]#[O+].[HH].[HH].[HH].[HH]. The van der Waals surface area contributed by atoms with Crippen LogP contribution in [0.2, 0.25) is 0 Å². The number of aliphatic hydroxyl groups is 1. The predicted octanol–water partition coefficient (Wildman–Crippen LogP) is 2.73. The molecule has 1 N–H and O–H groups in total. The van der Waals surface area contributed by atoms with Crippen LogP contribution >= 0.6 is 0 Å². The summed E-state index contributed by atoms with van der Waals surface area (Å²) in [5.74, 6) is 0. The van der Waals surface area contributed by atoms with Crippen molar-refractivity contribution in [2.24, 2.45) is 0 Å². The molecule has 0 heterocycles. The van der Waals surface area contributed by atoms with E-state index in [1.807, 2.05) is 0 Å². The van der Waals surface area contributed by atoms with Crippen molar-refractivity contribution < 1.29 is 20.2 Å². The molecule has 0 spiro atoms. The third kappa shape index (κ3) is 2940. The van der Waals surface area contributed by atoms with Gasteiger partial charge in [-0.15, -0.1) is 0 Å². The van der Waals surface area contributed by atoms with Gasteiger partial charge in [-0.25, -0.2) is 0 Å². The minimum Gasteiger partial charge on any atom is 0 e. The Bertz CT molecular complexity index is 32.1. The number of ether oxygens (including phenoxy) is 1. The number of rotatable bonds is 0. The molecular weight excluding hydrogens is 132 g/mol. The Morgan fingerprint density at radius 3 is 1.10 bits per heavy atom. The third-order valence-corrected chi connectivity index (χ3v) is 0. The third-order valence-electron chi connectivity index (χ3n) is 0. The van der Waals surface area contributed by atoms with Crippen LogP contribution in [0, 0.1) is 6.65 Å². The number of hydrogen-bond donors (Lipinski definition) is 1. The van der Waals surface area contributed by atoms with Gasteiger partial charge in [0.15, 0.2) is 0 Å². The van der Waals surface area contributed by atoms with Crippen LogP contribution in [0.15, 0.2) is 0 Å². The average molecular weight is 162 g/mol. The van der Waals surface area contributed by atoms with Gasteiger partial charge in [0.1, 0.15) is 0 Å². The molecule has 0 radical (unpaired) electrons. The van der Waals surface area contributed by atoms with Crippen LogP contribution in [0.3, 0.4) is 0 Å². The van der Waals surface area contributed by atoms with E-state index in [4.69, 9.17) is 9.76 Å². The van der Waals surface area contributed by atoms with Crippen LogP contribution in [0.5, 0.6) is 0 Å². The molecule has 0 fully saturated rings. The molecule has 0 bridgehead atoms. The Balaban J connectivity index is -0.00000000174. The van der Waals surface area contributed by atoms with E-state index in [-0.39, 0.29) is 28.0 Å². The van der Waals surface area contributed by atoms with Crippen molar-refractivity contribution in [3.05, 3.63) is 6.65 Å². The van der Waals surface area contributed by atoms with E-state index < -0.39 is 0 Å². The fraction of sp³-hybridized carbons (Fsp3) is 0.857. The molecule has 0 aliphatic carbocycles. The number of hydrogen-bond acceptors (Lipinski definition) is 2. The van der Waals surface area contributed by atoms with Crippen LogP contribution in [0.25, 0.3) is 0 Å². The zero-order chi connectivity index (χ0) is 6.71. The maximum atomic E-state index is 7.50. The van der Waals surface area contributed by atoms with Gasteiger partial charge in [0.25, 0.3) is 0 Å². The van der Waals surface area contributed by atoms with Crippen molar-refractivity contribution in [1.29, 1.82) is 0 Å². The van der Waals surface area contributed by atoms with Crippen molar-refractivity contribution in [2.45, 2.75) is 22.3 Å². The molecule has 3 heteroatoms. The van der Waals surface area contributed by atoms with Gasteiger partial charge < -0.3 is 9.84 Å². The molecule has 0 aliphatic heterocycles. The van der Waals surface area contributed by atoms with Crippen molar-refractivity contribution in [1.82, 2.24) is 0 Å². The summed E-state index contributed by atoms with van der Waals surface area (Å²) in [6.45, 7) is 4.50. The van der Waals surface area contributed by atoms with Crippen molar-refractivity contribution >= 4 is 0 Å². The van der Waals surface area contributed by atoms with E-state index in [2.05, 4.69) is 11.4 Å². The van der Waals surface area contributed by atoms with E-state index in [1.54, 1.807) is 14.2 Å². The van der Waals surface area contributed by atoms with Crippen molar-refractivity contribution in [3.63, 3.8) is 0 Å². The summed E-state index contributed by atoms with van der Waals surface area (Å²) in [5, 5.41) is 7.00. The molecule has 0 amide bonds. The zero-order valence-corrected chi connectivity index (χ0v) is 4.76. The van der Waals surface area contributed by atoms with E-state index in [1.165, 1.54) is 0 Å². The molecule has 0 rings (SSSR count). The summed E-state index contributed by atoms with van der Waals surface area (Å²) < 4.78 is 11.8. The summed E-state index contributed by atoms with van der Waals surface area (Å²) in [6.07, 6.45) is 0. The van der Waals surface area contributed by atoms with Crippen molar-refractivity contribution in [3.8, 4) is 0 Å². The predicted molar refractivity (Wildman–Crippen MR) is 53.7 cm³/mol. The molecule has 0 aromatic carbocycles. The summed E-state index contributed by atoms with van der Waals surface area (Å²) in [5.41, 5.74) is 0. The summed E-state index contributed by atoms with van der Waals surface area (Å²) in [6, 6.07) is 0. The van der Waals surface area contributed by atoms with Crippen LogP contribution in [-0.4, -0.2) is 26.4 Å². The second kappa shape index (κ2) is 1170. The molecular formula is C7H30O3. The first-order valence-electron chi connectivity index (χ1n) is 1.47. The Morgan fingerprint density at radius 1 is 1.10 bits per heavy atom. The first-order valence-corrected chi connectivity index (χ1v) is 1.47. The van der Waals surface area contributed by atoms with Gasteiger partial charge in [-0.1, -0.05) is 22.3 Å². The first-order chi connectivity index (χ1) is 3.41. The fourth-order valence-electron chi connectivity index (χ4n) is 0. The van der Waals surface area contributed by atoms with Crippen LogP contribution in [0.1, 0.15) is 28.0 Å². The van der Waals surface area contributed by atoms with Gasteiger partial charge in [0.2, 0.25) is 0 Å². The molecule has 0 aromatic heterocycles. The zero-order valence-electron chi connectivity index (χ0n) is 4.76. The Kier molecular flexibility index (Phi) is 6310. The molecule has 76 valence electrons. The van der Waals surface area contributed by atoms with E-state index in [0.29, 0.717) is 0 Å². The van der Waals surface area contributed by atoms with Crippen molar-refractivity contribution in [2.75, 3.05) is 21.3 Å². The van der Waals surface area contributed by atoms with Gasteiger partial charge in [-0.3, -0.25) is 0 Å². The van der Waals surface area contributed by atoms with Crippen LogP contribution in [0.4, 0.5) is 0 Å². The monoisotopic (exact) mass is 162 g/mol. The maximum Gasteiger partial charge on any atom is 0 e. The summed E-state index contributed by atoms with van der Waals surface area (Å²) in [4.78, 5) is 0. The summed E-state index contributed by atoms with van der Waals surface area (Å²) in [7, 11) is 4.25. The molecule has 0 saturated carbocycles.